The number of nitrogens with zero attached hydrogens (tertiary/aromatic N) is 4. The Balaban J connectivity index is 0.00000420. The van der Waals surface area contributed by atoms with Gasteiger partial charge in [0.25, 0.3) is 0 Å². The van der Waals surface area contributed by atoms with Gasteiger partial charge in [0, 0.05) is 32.0 Å². The third-order valence-corrected chi connectivity index (χ3v) is 4.00. The highest BCUT2D eigenvalue weighted by atomic mass is 127. The third kappa shape index (κ3) is 9.97. The quantitative estimate of drug-likeness (QED) is 0.301. The average Bonchev–Trinajstić information content (AvgIpc) is 3.12. The lowest BCUT2D eigenvalue weighted by Crippen LogP contribution is -2.42. The van der Waals surface area contributed by atoms with E-state index in [0.29, 0.717) is 32.1 Å². The summed E-state index contributed by atoms with van der Waals surface area (Å²) in [6.07, 6.45) is -0.543. The fraction of sp³-hybridized carbons (Fsp3) is 0.474. The predicted molar refractivity (Wildman–Crippen MR) is 120 cm³/mol. The summed E-state index contributed by atoms with van der Waals surface area (Å²) in [6.45, 7) is 3.43. The molecule has 29 heavy (non-hydrogen) atoms. The molecule has 1 heterocycles. The summed E-state index contributed by atoms with van der Waals surface area (Å²) >= 11 is 0. The second-order valence-electron chi connectivity index (χ2n) is 6.45. The third-order valence-electron chi connectivity index (χ3n) is 4.00. The second-order valence-corrected chi connectivity index (χ2v) is 6.45. The number of rotatable bonds is 9. The molecule has 2 N–H and O–H groups in total. The van der Waals surface area contributed by atoms with E-state index in [1.54, 1.807) is 6.20 Å². The molecule has 0 bridgehead atoms. The molecule has 0 fully saturated rings. The van der Waals surface area contributed by atoms with E-state index >= 15 is 0 Å². The van der Waals surface area contributed by atoms with Crippen molar-refractivity contribution < 1.29 is 13.2 Å². The van der Waals surface area contributed by atoms with E-state index in [4.69, 9.17) is 0 Å². The maximum absolute atomic E-state index is 12.4. The maximum atomic E-state index is 12.4. The normalized spacial score (nSPS) is 12.0. The molecule has 10 heteroatoms. The molecule has 0 saturated carbocycles. The molecule has 1 aromatic heterocycles. The number of alkyl halides is 3. The second kappa shape index (κ2) is 12.7. The molecule has 0 aliphatic heterocycles. The van der Waals surface area contributed by atoms with Gasteiger partial charge in [0.2, 0.25) is 0 Å². The van der Waals surface area contributed by atoms with E-state index < -0.39 is 12.7 Å². The molecule has 0 amide bonds. The van der Waals surface area contributed by atoms with Gasteiger partial charge in [0.1, 0.15) is 0 Å². The van der Waals surface area contributed by atoms with E-state index in [9.17, 15) is 13.2 Å². The van der Waals surface area contributed by atoms with Gasteiger partial charge in [-0.15, -0.1) is 24.0 Å². The number of hydrogen-bond acceptors (Lipinski definition) is 3. The van der Waals surface area contributed by atoms with Crippen molar-refractivity contribution in [2.75, 3.05) is 33.2 Å². The van der Waals surface area contributed by atoms with Crippen LogP contribution >= 0.6 is 24.0 Å². The molecule has 162 valence electrons. The lowest BCUT2D eigenvalue weighted by molar-refractivity contribution is -0.142. The highest BCUT2D eigenvalue weighted by Crippen LogP contribution is 2.15. The molecule has 0 radical (unpaired) electrons. The number of benzene rings is 1. The van der Waals surface area contributed by atoms with E-state index in [0.717, 1.165) is 11.1 Å². The summed E-state index contributed by atoms with van der Waals surface area (Å²) in [7, 11) is 1.45. The average molecular weight is 524 g/mol. The van der Waals surface area contributed by atoms with Gasteiger partial charge >= 0.3 is 6.18 Å². The Morgan fingerprint density at radius 3 is 2.52 bits per heavy atom. The minimum atomic E-state index is -4.19. The Morgan fingerprint density at radius 2 is 1.90 bits per heavy atom. The van der Waals surface area contributed by atoms with Crippen LogP contribution in [0.5, 0.6) is 0 Å². The Labute approximate surface area is 186 Å². The summed E-state index contributed by atoms with van der Waals surface area (Å²) in [4.78, 5) is 5.80. The van der Waals surface area contributed by atoms with Crippen molar-refractivity contribution in [1.29, 1.82) is 0 Å². The summed E-state index contributed by atoms with van der Waals surface area (Å²) in [5, 5.41) is 10.4. The maximum Gasteiger partial charge on any atom is 0.401 e. The highest BCUT2D eigenvalue weighted by molar-refractivity contribution is 14.0. The standard InChI is InChI=1S/C19H27F3N6.HI/c1-3-23-18(24-10-12-27(2)15-19(20,21)22)25-13-16-7-4-5-8-17(16)14-28-11-6-9-26-28;/h4-9,11H,3,10,12-15H2,1-2H3,(H2,23,24,25);1H. The van der Waals surface area contributed by atoms with Crippen LogP contribution in [-0.2, 0) is 13.1 Å². The molecule has 0 saturated heterocycles. The van der Waals surface area contributed by atoms with Crippen LogP contribution in [0.1, 0.15) is 18.1 Å². The van der Waals surface area contributed by atoms with Crippen molar-refractivity contribution in [1.82, 2.24) is 25.3 Å². The van der Waals surface area contributed by atoms with E-state index in [2.05, 4.69) is 20.7 Å². The number of guanidine groups is 1. The van der Waals surface area contributed by atoms with Crippen molar-refractivity contribution in [3.8, 4) is 0 Å². The largest absolute Gasteiger partial charge is 0.401 e. The van der Waals surface area contributed by atoms with Crippen molar-refractivity contribution in [3.05, 3.63) is 53.9 Å². The van der Waals surface area contributed by atoms with Crippen LogP contribution in [0.15, 0.2) is 47.7 Å². The number of halogens is 4. The first kappa shape index (κ1) is 25.2. The number of nitrogens with one attached hydrogen (secondary N) is 2. The van der Waals surface area contributed by atoms with Crippen LogP contribution in [0, 0.1) is 0 Å². The number of hydrogen-bond donors (Lipinski definition) is 2. The summed E-state index contributed by atoms with van der Waals surface area (Å²) < 4.78 is 39.0. The molecule has 0 aliphatic rings. The summed E-state index contributed by atoms with van der Waals surface area (Å²) in [6, 6.07) is 9.88. The topological polar surface area (TPSA) is 57.5 Å². The van der Waals surface area contributed by atoms with Gasteiger partial charge < -0.3 is 10.6 Å². The summed E-state index contributed by atoms with van der Waals surface area (Å²) in [5.74, 6) is 0.580. The van der Waals surface area contributed by atoms with Crippen LogP contribution in [0.3, 0.4) is 0 Å². The first-order valence-corrected chi connectivity index (χ1v) is 9.19. The summed E-state index contributed by atoms with van der Waals surface area (Å²) in [5.41, 5.74) is 2.19. The van der Waals surface area contributed by atoms with E-state index in [-0.39, 0.29) is 30.5 Å². The fourth-order valence-electron chi connectivity index (χ4n) is 2.69. The van der Waals surface area contributed by atoms with Crippen molar-refractivity contribution >= 4 is 29.9 Å². The first-order chi connectivity index (χ1) is 13.4. The Bertz CT molecular complexity index is 734. The van der Waals surface area contributed by atoms with Gasteiger partial charge in [-0.2, -0.15) is 18.3 Å². The smallest absolute Gasteiger partial charge is 0.357 e. The number of aromatic nitrogens is 2. The lowest BCUT2D eigenvalue weighted by atomic mass is 10.1. The SMILES string of the molecule is CCNC(=NCc1ccccc1Cn1cccn1)NCCN(C)CC(F)(F)F.I. The highest BCUT2D eigenvalue weighted by Gasteiger charge is 2.28. The molecular weight excluding hydrogens is 496 g/mol. The van der Waals surface area contributed by atoms with Gasteiger partial charge in [0.15, 0.2) is 5.96 Å². The van der Waals surface area contributed by atoms with Crippen molar-refractivity contribution in [2.24, 2.45) is 4.99 Å². The molecule has 1 aromatic carbocycles. The van der Waals surface area contributed by atoms with Gasteiger partial charge in [0.05, 0.1) is 19.6 Å². The van der Waals surface area contributed by atoms with Crippen LogP contribution in [0.25, 0.3) is 0 Å². The molecule has 0 atom stereocenters. The van der Waals surface area contributed by atoms with Crippen LogP contribution in [-0.4, -0.2) is 60.0 Å². The van der Waals surface area contributed by atoms with Crippen molar-refractivity contribution in [3.63, 3.8) is 0 Å². The lowest BCUT2D eigenvalue weighted by Gasteiger charge is -2.19. The van der Waals surface area contributed by atoms with E-state index in [1.807, 2.05) is 48.1 Å². The first-order valence-electron chi connectivity index (χ1n) is 9.19. The number of likely N-dealkylation sites (N-methyl/N-ethyl adjacent to an activating group) is 1. The zero-order chi connectivity index (χ0) is 20.4. The zero-order valence-corrected chi connectivity index (χ0v) is 18.9. The van der Waals surface area contributed by atoms with E-state index in [1.165, 1.54) is 11.9 Å². The van der Waals surface area contributed by atoms with Gasteiger partial charge in [-0.05, 0) is 31.2 Å². The van der Waals surface area contributed by atoms with Gasteiger partial charge in [-0.25, -0.2) is 4.99 Å². The fourth-order valence-corrected chi connectivity index (χ4v) is 2.69. The molecule has 0 aliphatic carbocycles. The Hall–Kier alpha value is -1.82. The number of aliphatic imine (C=N–C) groups is 1. The van der Waals surface area contributed by atoms with Gasteiger partial charge in [-0.3, -0.25) is 9.58 Å². The van der Waals surface area contributed by atoms with Crippen molar-refractivity contribution in [2.45, 2.75) is 26.2 Å². The Morgan fingerprint density at radius 1 is 1.17 bits per heavy atom. The monoisotopic (exact) mass is 524 g/mol. The zero-order valence-electron chi connectivity index (χ0n) is 16.6. The Kier molecular flexibility index (Phi) is 11.0. The molecule has 2 aromatic rings. The minimum absolute atomic E-state index is 0. The molecular formula is C19H28F3IN6. The van der Waals surface area contributed by atoms with Gasteiger partial charge in [-0.1, -0.05) is 24.3 Å². The molecule has 6 nitrogen and oxygen atoms in total. The molecule has 0 spiro atoms. The minimum Gasteiger partial charge on any atom is -0.357 e. The van der Waals surface area contributed by atoms with Crippen LogP contribution in [0.2, 0.25) is 0 Å². The molecule has 2 rings (SSSR count). The molecule has 0 unspecified atom stereocenters. The van der Waals surface area contributed by atoms with Crippen LogP contribution in [0.4, 0.5) is 13.2 Å². The van der Waals surface area contributed by atoms with Crippen LogP contribution < -0.4 is 10.6 Å². The predicted octanol–water partition coefficient (Wildman–Crippen LogP) is 3.10.